The van der Waals surface area contributed by atoms with Crippen molar-refractivity contribution in [3.05, 3.63) is 40.0 Å². The SMILES string of the molecule is Cc1nc(CNc2cc(Br)ccc2C#N)no1. The van der Waals surface area contributed by atoms with Crippen LogP contribution >= 0.6 is 15.9 Å². The number of anilines is 1. The first kappa shape index (κ1) is 11.6. The lowest BCUT2D eigenvalue weighted by atomic mass is 10.2. The molecule has 0 atom stereocenters. The molecule has 5 nitrogen and oxygen atoms in total. The van der Waals surface area contributed by atoms with Gasteiger partial charge in [0.25, 0.3) is 0 Å². The highest BCUT2D eigenvalue weighted by Gasteiger charge is 2.05. The Morgan fingerprint density at radius 3 is 3.00 bits per heavy atom. The van der Waals surface area contributed by atoms with Crippen LogP contribution in [0.1, 0.15) is 17.3 Å². The fourth-order valence-corrected chi connectivity index (χ4v) is 1.71. The number of aryl methyl sites for hydroxylation is 1. The van der Waals surface area contributed by atoms with Crippen LogP contribution in [0.25, 0.3) is 0 Å². The van der Waals surface area contributed by atoms with E-state index in [0.29, 0.717) is 23.8 Å². The van der Waals surface area contributed by atoms with Gasteiger partial charge in [0, 0.05) is 11.4 Å². The largest absolute Gasteiger partial charge is 0.377 e. The summed E-state index contributed by atoms with van der Waals surface area (Å²) < 4.78 is 5.76. The van der Waals surface area contributed by atoms with Crippen molar-refractivity contribution in [1.29, 1.82) is 5.26 Å². The van der Waals surface area contributed by atoms with E-state index in [1.165, 1.54) is 0 Å². The molecule has 1 aromatic carbocycles. The summed E-state index contributed by atoms with van der Waals surface area (Å²) in [7, 11) is 0. The molecule has 1 heterocycles. The molecule has 0 aliphatic carbocycles. The minimum absolute atomic E-state index is 0.419. The molecule has 2 aromatic rings. The highest BCUT2D eigenvalue weighted by molar-refractivity contribution is 9.10. The number of aromatic nitrogens is 2. The van der Waals surface area contributed by atoms with Crippen molar-refractivity contribution in [2.24, 2.45) is 0 Å². The van der Waals surface area contributed by atoms with Gasteiger partial charge < -0.3 is 9.84 Å². The zero-order chi connectivity index (χ0) is 12.3. The molecule has 0 spiro atoms. The topological polar surface area (TPSA) is 74.7 Å². The van der Waals surface area contributed by atoms with Crippen LogP contribution in [0.15, 0.2) is 27.2 Å². The monoisotopic (exact) mass is 292 g/mol. The van der Waals surface area contributed by atoms with Gasteiger partial charge in [0.05, 0.1) is 17.8 Å². The lowest BCUT2D eigenvalue weighted by Crippen LogP contribution is -2.02. The van der Waals surface area contributed by atoms with E-state index >= 15 is 0 Å². The molecule has 6 heteroatoms. The molecule has 0 aliphatic rings. The lowest BCUT2D eigenvalue weighted by molar-refractivity contribution is 0.388. The maximum atomic E-state index is 8.96. The third-order valence-corrected chi connectivity index (χ3v) is 2.60. The van der Waals surface area contributed by atoms with Gasteiger partial charge in [-0.25, -0.2) is 0 Å². The van der Waals surface area contributed by atoms with E-state index in [1.54, 1.807) is 13.0 Å². The van der Waals surface area contributed by atoms with Gasteiger partial charge in [-0.05, 0) is 18.2 Å². The first-order chi connectivity index (χ1) is 8.19. The molecule has 0 aliphatic heterocycles. The zero-order valence-corrected chi connectivity index (χ0v) is 10.7. The van der Waals surface area contributed by atoms with Gasteiger partial charge >= 0.3 is 0 Å². The number of nitrogens with one attached hydrogen (secondary N) is 1. The molecule has 0 unspecified atom stereocenters. The molecule has 0 saturated carbocycles. The van der Waals surface area contributed by atoms with E-state index in [9.17, 15) is 0 Å². The predicted molar refractivity (Wildman–Crippen MR) is 65.2 cm³/mol. The molecule has 0 saturated heterocycles. The van der Waals surface area contributed by atoms with E-state index in [-0.39, 0.29) is 0 Å². The molecule has 0 amide bonds. The van der Waals surface area contributed by atoms with Crippen molar-refractivity contribution < 1.29 is 4.52 Å². The Morgan fingerprint density at radius 1 is 1.53 bits per heavy atom. The molecular weight excluding hydrogens is 284 g/mol. The number of hydrogen-bond donors (Lipinski definition) is 1. The van der Waals surface area contributed by atoms with Crippen LogP contribution in [-0.2, 0) is 6.54 Å². The highest BCUT2D eigenvalue weighted by atomic mass is 79.9. The average Bonchev–Trinajstić information content (AvgIpc) is 2.73. The van der Waals surface area contributed by atoms with E-state index < -0.39 is 0 Å². The molecular formula is C11H9BrN4O. The first-order valence-electron chi connectivity index (χ1n) is 4.92. The van der Waals surface area contributed by atoms with Crippen molar-refractivity contribution in [3.63, 3.8) is 0 Å². The van der Waals surface area contributed by atoms with Crippen molar-refractivity contribution >= 4 is 21.6 Å². The van der Waals surface area contributed by atoms with Crippen LogP contribution in [0.4, 0.5) is 5.69 Å². The summed E-state index contributed by atoms with van der Waals surface area (Å²) in [6, 6.07) is 7.52. The molecule has 0 bridgehead atoms. The van der Waals surface area contributed by atoms with Gasteiger partial charge in [-0.2, -0.15) is 10.2 Å². The second kappa shape index (κ2) is 4.97. The lowest BCUT2D eigenvalue weighted by Gasteiger charge is -2.06. The minimum Gasteiger partial charge on any atom is -0.377 e. The number of nitrogens with zero attached hydrogens (tertiary/aromatic N) is 3. The molecule has 17 heavy (non-hydrogen) atoms. The smallest absolute Gasteiger partial charge is 0.223 e. The van der Waals surface area contributed by atoms with Crippen LogP contribution in [0.3, 0.4) is 0 Å². The van der Waals surface area contributed by atoms with Crippen molar-refractivity contribution in [2.75, 3.05) is 5.32 Å². The van der Waals surface area contributed by atoms with E-state index in [4.69, 9.17) is 9.78 Å². The van der Waals surface area contributed by atoms with Crippen molar-refractivity contribution in [3.8, 4) is 6.07 Å². The van der Waals surface area contributed by atoms with Gasteiger partial charge in [-0.3, -0.25) is 0 Å². The quantitative estimate of drug-likeness (QED) is 0.941. The molecule has 2 rings (SSSR count). The third-order valence-electron chi connectivity index (χ3n) is 2.11. The van der Waals surface area contributed by atoms with Crippen molar-refractivity contribution in [1.82, 2.24) is 10.1 Å². The van der Waals surface area contributed by atoms with Gasteiger partial charge in [0.2, 0.25) is 5.89 Å². The summed E-state index contributed by atoms with van der Waals surface area (Å²) in [6.45, 7) is 2.15. The van der Waals surface area contributed by atoms with Crippen LogP contribution in [0.5, 0.6) is 0 Å². The molecule has 1 aromatic heterocycles. The Hall–Kier alpha value is -1.87. The molecule has 1 N–H and O–H groups in total. The van der Waals surface area contributed by atoms with Crippen LogP contribution in [-0.4, -0.2) is 10.1 Å². The fraction of sp³-hybridized carbons (Fsp3) is 0.182. The summed E-state index contributed by atoms with van der Waals surface area (Å²) in [4.78, 5) is 4.07. The van der Waals surface area contributed by atoms with E-state index in [0.717, 1.165) is 10.2 Å². The second-order valence-corrected chi connectivity index (χ2v) is 4.30. The molecule has 0 fully saturated rings. The van der Waals surface area contributed by atoms with E-state index in [1.807, 2.05) is 12.1 Å². The Labute approximate surface area is 107 Å². The summed E-state index contributed by atoms with van der Waals surface area (Å²) >= 11 is 3.36. The van der Waals surface area contributed by atoms with Crippen LogP contribution in [0.2, 0.25) is 0 Å². The van der Waals surface area contributed by atoms with E-state index in [2.05, 4.69) is 37.5 Å². The number of benzene rings is 1. The fourth-order valence-electron chi connectivity index (χ4n) is 1.35. The number of rotatable bonds is 3. The first-order valence-corrected chi connectivity index (χ1v) is 5.71. The van der Waals surface area contributed by atoms with Crippen LogP contribution in [0, 0.1) is 18.3 Å². The van der Waals surface area contributed by atoms with Gasteiger partial charge in [-0.1, -0.05) is 21.1 Å². The minimum atomic E-state index is 0.419. The Balaban J connectivity index is 2.13. The highest BCUT2D eigenvalue weighted by Crippen LogP contribution is 2.21. The Kier molecular flexibility index (Phi) is 3.40. The van der Waals surface area contributed by atoms with Gasteiger partial charge in [-0.15, -0.1) is 0 Å². The average molecular weight is 293 g/mol. The number of nitriles is 1. The standard InChI is InChI=1S/C11H9BrN4O/c1-7-15-11(16-17-7)6-14-10-4-9(12)3-2-8(10)5-13/h2-4,14H,6H2,1H3. The van der Waals surface area contributed by atoms with Crippen LogP contribution < -0.4 is 5.32 Å². The normalized spacial score (nSPS) is 9.94. The maximum Gasteiger partial charge on any atom is 0.223 e. The Bertz CT molecular complexity index is 573. The van der Waals surface area contributed by atoms with Gasteiger partial charge in [0.1, 0.15) is 6.07 Å². The number of halogens is 1. The van der Waals surface area contributed by atoms with Crippen molar-refractivity contribution in [2.45, 2.75) is 13.5 Å². The third kappa shape index (κ3) is 2.82. The summed E-state index contributed by atoms with van der Waals surface area (Å²) in [6.07, 6.45) is 0. The maximum absolute atomic E-state index is 8.96. The summed E-state index contributed by atoms with van der Waals surface area (Å²) in [5, 5.41) is 15.8. The second-order valence-electron chi connectivity index (χ2n) is 3.38. The molecule has 0 radical (unpaired) electrons. The zero-order valence-electron chi connectivity index (χ0n) is 9.07. The molecule has 86 valence electrons. The summed E-state index contributed by atoms with van der Waals surface area (Å²) in [5.41, 5.74) is 1.32. The number of hydrogen-bond acceptors (Lipinski definition) is 5. The summed E-state index contributed by atoms with van der Waals surface area (Å²) in [5.74, 6) is 1.09. The van der Waals surface area contributed by atoms with Gasteiger partial charge in [0.15, 0.2) is 5.82 Å². The Morgan fingerprint density at radius 2 is 2.35 bits per heavy atom. The predicted octanol–water partition coefficient (Wildman–Crippen LogP) is 2.62.